The van der Waals surface area contributed by atoms with Gasteiger partial charge in [0.15, 0.2) is 5.65 Å². The van der Waals surface area contributed by atoms with Crippen LogP contribution in [0.1, 0.15) is 55.9 Å². The third-order valence-corrected chi connectivity index (χ3v) is 10.9. The summed E-state index contributed by atoms with van der Waals surface area (Å²) < 4.78 is 2.20. The number of imidazole rings is 1. The molecule has 0 fully saturated rings. The lowest BCUT2D eigenvalue weighted by molar-refractivity contribution is 1.04. The maximum absolute atomic E-state index is 5.35. The van der Waals surface area contributed by atoms with Gasteiger partial charge in [-0.05, 0) is 128 Å². The van der Waals surface area contributed by atoms with Crippen molar-refractivity contribution >= 4 is 39.5 Å². The van der Waals surface area contributed by atoms with Crippen LogP contribution >= 0.6 is 0 Å². The van der Waals surface area contributed by atoms with Gasteiger partial charge in [0.1, 0.15) is 17.2 Å². The van der Waals surface area contributed by atoms with Crippen LogP contribution in [0.5, 0.6) is 0 Å². The first-order chi connectivity index (χ1) is 29.3. The van der Waals surface area contributed by atoms with Crippen molar-refractivity contribution in [2.75, 3.05) is 4.90 Å². The van der Waals surface area contributed by atoms with E-state index in [2.05, 4.69) is 171 Å². The minimum atomic E-state index is 0.781. The lowest BCUT2D eigenvalue weighted by Crippen LogP contribution is -2.19. The zero-order valence-corrected chi connectivity index (χ0v) is 34.8. The molecule has 8 rings (SSSR count). The first-order valence-corrected chi connectivity index (χ1v) is 20.5. The molecule has 1 aliphatic carbocycles. The Morgan fingerprint density at radius 2 is 1.48 bits per heavy atom. The van der Waals surface area contributed by atoms with Crippen LogP contribution in [-0.2, 0) is 0 Å². The second-order valence-corrected chi connectivity index (χ2v) is 15.3. The van der Waals surface area contributed by atoms with Gasteiger partial charge in [0.05, 0.1) is 11.4 Å². The number of para-hydroxylation sites is 2. The van der Waals surface area contributed by atoms with Gasteiger partial charge in [0.25, 0.3) is 0 Å². The smallest absolute Gasteiger partial charge is 0.164 e. The predicted molar refractivity (Wildman–Crippen MR) is 254 cm³/mol. The molecule has 7 aromatic rings. The molecule has 0 bridgehead atoms. The largest absolute Gasteiger partial charge is 0.294 e. The molecule has 60 heavy (non-hydrogen) atoms. The molecule has 294 valence electrons. The summed E-state index contributed by atoms with van der Waals surface area (Å²) in [6.45, 7) is 17.4. The van der Waals surface area contributed by atoms with Crippen LogP contribution in [-0.4, -0.2) is 19.5 Å². The first-order valence-electron chi connectivity index (χ1n) is 20.5. The van der Waals surface area contributed by atoms with Crippen molar-refractivity contribution in [3.8, 4) is 28.2 Å². The standard InChI is InChI=1S/C55H49N5/c1-7-8-22-44(38(2)3)34-40(5)45-35-46(41(6)59(53-39(4)21-19-32-56-53)51-30-17-15-27-48(51)42-23-11-9-12-24-42)37-47(36-45)54-58-50-29-20-33-57-55(50)60(54)52-31-18-16-28-49(52)43-25-13-10-14-26-43/h7-8,10-11,13-37H,1,6,9,12H2,2-5H3/b22-8-,40-34+. The molecule has 0 atom stereocenters. The first kappa shape index (κ1) is 39.5. The molecule has 0 unspecified atom stereocenters. The van der Waals surface area contributed by atoms with E-state index in [1.165, 1.54) is 11.1 Å². The molecule has 3 aromatic heterocycles. The fourth-order valence-corrected chi connectivity index (χ4v) is 7.82. The Labute approximate surface area is 354 Å². The summed E-state index contributed by atoms with van der Waals surface area (Å²) in [6.07, 6.45) is 20.7. The summed E-state index contributed by atoms with van der Waals surface area (Å²) >= 11 is 0. The van der Waals surface area contributed by atoms with E-state index in [-0.39, 0.29) is 0 Å². The average molecular weight is 780 g/mol. The topological polar surface area (TPSA) is 46.8 Å². The Bertz CT molecular complexity index is 2890. The lowest BCUT2D eigenvalue weighted by atomic mass is 9.94. The zero-order chi connectivity index (χ0) is 41.6. The van der Waals surface area contributed by atoms with Gasteiger partial charge in [0.2, 0.25) is 0 Å². The molecule has 0 saturated carbocycles. The number of fused-ring (bicyclic) bond motifs is 1. The highest BCUT2D eigenvalue weighted by Gasteiger charge is 2.25. The van der Waals surface area contributed by atoms with Crippen molar-refractivity contribution in [2.24, 2.45) is 0 Å². The van der Waals surface area contributed by atoms with Crippen LogP contribution in [0.25, 0.3) is 56.2 Å². The third-order valence-electron chi connectivity index (χ3n) is 10.9. The van der Waals surface area contributed by atoms with E-state index < -0.39 is 0 Å². The SMILES string of the molecule is C=C/C=C\C(/C=C(\C)c1cc(C(=C)N(c2ccccc2C2=CCCC=C2)c2ncccc2C)cc(-c2nc3cccnc3n2-c2ccccc2-c2ccccc2)c1)=C(C)C. The van der Waals surface area contributed by atoms with Gasteiger partial charge in [0, 0.05) is 34.8 Å². The summed E-state index contributed by atoms with van der Waals surface area (Å²) in [6, 6.07) is 42.3. The summed E-state index contributed by atoms with van der Waals surface area (Å²) in [5, 5.41) is 0. The Kier molecular flexibility index (Phi) is 11.6. The molecule has 0 radical (unpaired) electrons. The molecule has 0 spiro atoms. The molecule has 0 N–H and O–H groups in total. The average Bonchev–Trinajstić information content (AvgIpc) is 3.68. The number of aromatic nitrogens is 4. The number of rotatable bonds is 12. The minimum absolute atomic E-state index is 0.781. The molecule has 4 aromatic carbocycles. The fraction of sp³-hybridized carbons (Fsp3) is 0.109. The van der Waals surface area contributed by atoms with E-state index in [9.17, 15) is 0 Å². The highest BCUT2D eigenvalue weighted by molar-refractivity contribution is 5.95. The van der Waals surface area contributed by atoms with Gasteiger partial charge in [-0.3, -0.25) is 9.47 Å². The summed E-state index contributed by atoms with van der Waals surface area (Å²) in [7, 11) is 0. The maximum Gasteiger partial charge on any atom is 0.164 e. The van der Waals surface area contributed by atoms with Crippen LogP contribution in [0, 0.1) is 6.92 Å². The fourth-order valence-electron chi connectivity index (χ4n) is 7.82. The molecule has 3 heterocycles. The predicted octanol–water partition coefficient (Wildman–Crippen LogP) is 14.5. The molecule has 0 amide bonds. The van der Waals surface area contributed by atoms with Gasteiger partial charge in [-0.15, -0.1) is 0 Å². The van der Waals surface area contributed by atoms with E-state index >= 15 is 0 Å². The third kappa shape index (κ3) is 8.03. The number of aryl methyl sites for hydroxylation is 1. The number of allylic oxidation sites excluding steroid dienone is 11. The summed E-state index contributed by atoms with van der Waals surface area (Å²) in [4.78, 5) is 17.5. The Balaban J connectivity index is 1.40. The minimum Gasteiger partial charge on any atom is -0.294 e. The number of anilines is 2. The van der Waals surface area contributed by atoms with E-state index in [0.717, 1.165) is 103 Å². The van der Waals surface area contributed by atoms with Crippen molar-refractivity contribution in [3.05, 3.63) is 223 Å². The van der Waals surface area contributed by atoms with Crippen LogP contribution in [0.4, 0.5) is 11.5 Å². The normalized spacial score (nSPS) is 12.7. The van der Waals surface area contributed by atoms with E-state index in [4.69, 9.17) is 21.5 Å². The van der Waals surface area contributed by atoms with Crippen molar-refractivity contribution < 1.29 is 0 Å². The van der Waals surface area contributed by atoms with Crippen molar-refractivity contribution in [1.29, 1.82) is 0 Å². The molecule has 5 nitrogen and oxygen atoms in total. The molecular weight excluding hydrogens is 731 g/mol. The van der Waals surface area contributed by atoms with Crippen LogP contribution in [0.15, 0.2) is 201 Å². The van der Waals surface area contributed by atoms with E-state index in [1.807, 2.05) is 48.8 Å². The number of nitrogens with zero attached hydrogens (tertiary/aromatic N) is 5. The molecule has 1 aliphatic rings. The van der Waals surface area contributed by atoms with Crippen molar-refractivity contribution in [1.82, 2.24) is 19.5 Å². The number of hydrogen-bond acceptors (Lipinski definition) is 4. The van der Waals surface area contributed by atoms with E-state index in [1.54, 1.807) is 0 Å². The Hall–Kier alpha value is -7.37. The highest BCUT2D eigenvalue weighted by atomic mass is 15.2. The van der Waals surface area contributed by atoms with Crippen molar-refractivity contribution in [3.63, 3.8) is 0 Å². The van der Waals surface area contributed by atoms with Crippen LogP contribution in [0.3, 0.4) is 0 Å². The molecule has 5 heteroatoms. The maximum atomic E-state index is 5.35. The van der Waals surface area contributed by atoms with Gasteiger partial charge in [-0.1, -0.05) is 134 Å². The quantitative estimate of drug-likeness (QED) is 0.116. The second-order valence-electron chi connectivity index (χ2n) is 15.3. The summed E-state index contributed by atoms with van der Waals surface area (Å²) in [5.41, 5.74) is 16.3. The Morgan fingerprint density at radius 3 is 2.25 bits per heavy atom. The molecular formula is C55H49N5. The monoisotopic (exact) mass is 779 g/mol. The number of hydrogen-bond donors (Lipinski definition) is 0. The van der Waals surface area contributed by atoms with Gasteiger partial charge in [-0.2, -0.15) is 0 Å². The van der Waals surface area contributed by atoms with Crippen LogP contribution < -0.4 is 4.90 Å². The molecule has 0 aliphatic heterocycles. The van der Waals surface area contributed by atoms with Gasteiger partial charge < -0.3 is 0 Å². The second kappa shape index (κ2) is 17.6. The number of benzene rings is 4. The van der Waals surface area contributed by atoms with Crippen molar-refractivity contribution in [2.45, 2.75) is 40.5 Å². The highest BCUT2D eigenvalue weighted by Crippen LogP contribution is 2.42. The number of pyridine rings is 2. The van der Waals surface area contributed by atoms with E-state index in [0.29, 0.717) is 0 Å². The Morgan fingerprint density at radius 1 is 0.750 bits per heavy atom. The van der Waals surface area contributed by atoms with Crippen LogP contribution in [0.2, 0.25) is 0 Å². The summed E-state index contributed by atoms with van der Waals surface area (Å²) in [5.74, 6) is 1.60. The van der Waals surface area contributed by atoms with Gasteiger partial charge >= 0.3 is 0 Å². The van der Waals surface area contributed by atoms with Gasteiger partial charge in [-0.25, -0.2) is 15.0 Å². The zero-order valence-electron chi connectivity index (χ0n) is 34.8. The lowest BCUT2D eigenvalue weighted by Gasteiger charge is -2.30. The molecule has 0 saturated heterocycles.